The number of benzene rings is 1. The molecule has 1 aromatic carbocycles. The maximum Gasteiger partial charge on any atom is 0.323 e. The average Bonchev–Trinajstić information content (AvgIpc) is 3.19. The summed E-state index contributed by atoms with van der Waals surface area (Å²) < 4.78 is 5.22. The monoisotopic (exact) mass is 273 g/mol. The summed E-state index contributed by atoms with van der Waals surface area (Å²) in [5.41, 5.74) is 2.01. The molecule has 5 heteroatoms. The van der Waals surface area contributed by atoms with Crippen LogP contribution in [-0.2, 0) is 11.3 Å². The number of carbonyl (C=O) groups is 1. The maximum atomic E-state index is 12.0. The van der Waals surface area contributed by atoms with E-state index in [1.54, 1.807) is 12.0 Å². The quantitative estimate of drug-likeness (QED) is 0.864. The minimum absolute atomic E-state index is 0.154. The van der Waals surface area contributed by atoms with Gasteiger partial charge in [0.1, 0.15) is 11.9 Å². The van der Waals surface area contributed by atoms with Gasteiger partial charge in [-0.05, 0) is 29.9 Å². The molecule has 3 rings (SSSR count). The van der Waals surface area contributed by atoms with Crippen LogP contribution in [0.1, 0.15) is 30.0 Å². The normalized spacial score (nSPS) is 22.2. The predicted octanol–water partition coefficient (Wildman–Crippen LogP) is 2.29. The molecule has 2 amide bonds. The van der Waals surface area contributed by atoms with E-state index in [1.165, 1.54) is 12.8 Å². The summed E-state index contributed by atoms with van der Waals surface area (Å²) in [6, 6.07) is 7.42. The zero-order valence-electron chi connectivity index (χ0n) is 11.6. The fourth-order valence-corrected chi connectivity index (χ4v) is 2.71. The third-order valence-electron chi connectivity index (χ3n) is 3.89. The highest BCUT2D eigenvalue weighted by atomic mass is 16.5. The smallest absolute Gasteiger partial charge is 0.323 e. The molecule has 0 spiro atoms. The third-order valence-corrected chi connectivity index (χ3v) is 3.89. The highest BCUT2D eigenvalue weighted by Crippen LogP contribution is 2.35. The average molecular weight is 273 g/mol. The predicted molar refractivity (Wildman–Crippen MR) is 75.6 cm³/mol. The Hall–Kier alpha value is -1.88. The zero-order valence-corrected chi connectivity index (χ0v) is 11.6. The SMILES string of the molecule is COCc1ccccc1C1C(=N)NC(=O)N1CC1CC1. The van der Waals surface area contributed by atoms with Crippen molar-refractivity contribution >= 4 is 11.9 Å². The van der Waals surface area contributed by atoms with Crippen LogP contribution in [0.15, 0.2) is 24.3 Å². The Morgan fingerprint density at radius 3 is 2.85 bits per heavy atom. The lowest BCUT2D eigenvalue weighted by molar-refractivity contribution is 0.181. The van der Waals surface area contributed by atoms with Gasteiger partial charge < -0.3 is 9.64 Å². The molecular formula is C15H19N3O2. The minimum Gasteiger partial charge on any atom is -0.380 e. The summed E-state index contributed by atoms with van der Waals surface area (Å²) in [5, 5.41) is 10.7. The molecule has 2 N–H and O–H groups in total. The van der Waals surface area contributed by atoms with Crippen LogP contribution in [0.4, 0.5) is 4.79 Å². The largest absolute Gasteiger partial charge is 0.380 e. The van der Waals surface area contributed by atoms with E-state index in [1.807, 2.05) is 24.3 Å². The van der Waals surface area contributed by atoms with Gasteiger partial charge in [-0.2, -0.15) is 0 Å². The number of rotatable bonds is 5. The fourth-order valence-electron chi connectivity index (χ4n) is 2.71. The maximum absolute atomic E-state index is 12.0. The van der Waals surface area contributed by atoms with Crippen LogP contribution in [0.5, 0.6) is 0 Å². The summed E-state index contributed by atoms with van der Waals surface area (Å²) >= 11 is 0. The van der Waals surface area contributed by atoms with Gasteiger partial charge >= 0.3 is 6.03 Å². The van der Waals surface area contributed by atoms with Crippen LogP contribution < -0.4 is 5.32 Å². The number of methoxy groups -OCH3 is 1. The number of amides is 2. The van der Waals surface area contributed by atoms with Gasteiger partial charge in [0.05, 0.1) is 6.61 Å². The van der Waals surface area contributed by atoms with Crippen LogP contribution in [0.25, 0.3) is 0 Å². The first-order valence-electron chi connectivity index (χ1n) is 6.93. The highest BCUT2D eigenvalue weighted by molar-refractivity contribution is 6.06. The van der Waals surface area contributed by atoms with E-state index >= 15 is 0 Å². The van der Waals surface area contributed by atoms with Crippen molar-refractivity contribution in [3.8, 4) is 0 Å². The van der Waals surface area contributed by atoms with Crippen molar-refractivity contribution in [1.29, 1.82) is 5.41 Å². The van der Waals surface area contributed by atoms with Crippen LogP contribution >= 0.6 is 0 Å². The Labute approximate surface area is 118 Å². The summed E-state index contributed by atoms with van der Waals surface area (Å²) in [4.78, 5) is 13.8. The van der Waals surface area contributed by atoms with Crippen molar-refractivity contribution in [2.24, 2.45) is 5.92 Å². The molecule has 2 fully saturated rings. The van der Waals surface area contributed by atoms with Gasteiger partial charge in [0, 0.05) is 13.7 Å². The second-order valence-corrected chi connectivity index (χ2v) is 5.47. The first-order chi connectivity index (χ1) is 9.70. The van der Waals surface area contributed by atoms with Crippen molar-refractivity contribution in [3.05, 3.63) is 35.4 Å². The lowest BCUT2D eigenvalue weighted by Crippen LogP contribution is -2.32. The molecule has 20 heavy (non-hydrogen) atoms. The lowest BCUT2D eigenvalue weighted by Gasteiger charge is -2.24. The molecule has 1 aromatic rings. The Morgan fingerprint density at radius 2 is 2.15 bits per heavy atom. The van der Waals surface area contributed by atoms with Crippen LogP contribution in [0.3, 0.4) is 0 Å². The first-order valence-corrected chi connectivity index (χ1v) is 6.93. The van der Waals surface area contributed by atoms with Gasteiger partial charge in [-0.1, -0.05) is 24.3 Å². The number of nitrogens with one attached hydrogen (secondary N) is 2. The molecule has 0 bridgehead atoms. The molecule has 106 valence electrons. The summed E-state index contributed by atoms with van der Waals surface area (Å²) in [7, 11) is 1.65. The number of amidine groups is 1. The molecule has 1 saturated heterocycles. The van der Waals surface area contributed by atoms with E-state index in [4.69, 9.17) is 10.1 Å². The van der Waals surface area contributed by atoms with E-state index in [9.17, 15) is 4.79 Å². The van der Waals surface area contributed by atoms with Crippen molar-refractivity contribution in [2.75, 3.05) is 13.7 Å². The van der Waals surface area contributed by atoms with Gasteiger partial charge in [0.25, 0.3) is 0 Å². The van der Waals surface area contributed by atoms with Gasteiger partial charge in [-0.3, -0.25) is 10.7 Å². The number of ether oxygens (including phenoxy) is 1. The van der Waals surface area contributed by atoms with E-state index < -0.39 is 0 Å². The highest BCUT2D eigenvalue weighted by Gasteiger charge is 2.40. The Kier molecular flexibility index (Phi) is 3.44. The molecule has 1 aliphatic carbocycles. The van der Waals surface area contributed by atoms with E-state index in [0.717, 1.165) is 17.7 Å². The molecule has 0 aromatic heterocycles. The molecule has 0 radical (unpaired) electrons. The van der Waals surface area contributed by atoms with Gasteiger partial charge in [0.15, 0.2) is 0 Å². The zero-order chi connectivity index (χ0) is 14.1. The van der Waals surface area contributed by atoms with Crippen LogP contribution in [0, 0.1) is 11.3 Å². The van der Waals surface area contributed by atoms with E-state index in [2.05, 4.69) is 5.32 Å². The third kappa shape index (κ3) is 2.41. The summed E-state index contributed by atoms with van der Waals surface area (Å²) in [6.45, 7) is 1.23. The lowest BCUT2D eigenvalue weighted by atomic mass is 9.99. The number of hydrogen-bond donors (Lipinski definition) is 2. The van der Waals surface area contributed by atoms with Crippen molar-refractivity contribution in [1.82, 2.24) is 10.2 Å². The second kappa shape index (κ2) is 5.25. The number of urea groups is 1. The Morgan fingerprint density at radius 1 is 1.40 bits per heavy atom. The standard InChI is InChI=1S/C15H19N3O2/c1-20-9-11-4-2-3-5-12(11)13-14(16)17-15(19)18(13)8-10-6-7-10/h2-5,10,13H,6-9H2,1H3,(H2,16,17,19). The van der Waals surface area contributed by atoms with Crippen molar-refractivity contribution in [3.63, 3.8) is 0 Å². The van der Waals surface area contributed by atoms with Gasteiger partial charge in [-0.25, -0.2) is 4.79 Å². The number of hydrogen-bond acceptors (Lipinski definition) is 3. The van der Waals surface area contributed by atoms with Crippen molar-refractivity contribution < 1.29 is 9.53 Å². The first kappa shape index (κ1) is 13.1. The Balaban J connectivity index is 1.92. The van der Waals surface area contributed by atoms with Gasteiger partial charge in [-0.15, -0.1) is 0 Å². The van der Waals surface area contributed by atoms with Crippen LogP contribution in [0.2, 0.25) is 0 Å². The summed E-state index contributed by atoms with van der Waals surface area (Å²) in [6.07, 6.45) is 2.37. The fraction of sp³-hybridized carbons (Fsp3) is 0.467. The number of nitrogens with zero attached hydrogens (tertiary/aromatic N) is 1. The molecule has 2 aliphatic rings. The molecule has 1 atom stereocenters. The van der Waals surface area contributed by atoms with Gasteiger partial charge in [0.2, 0.25) is 0 Å². The van der Waals surface area contributed by atoms with E-state index in [-0.39, 0.29) is 17.9 Å². The Bertz CT molecular complexity index is 540. The second-order valence-electron chi connectivity index (χ2n) is 5.47. The molecule has 1 heterocycles. The topological polar surface area (TPSA) is 65.4 Å². The molecule has 5 nitrogen and oxygen atoms in total. The van der Waals surface area contributed by atoms with Crippen molar-refractivity contribution in [2.45, 2.75) is 25.5 Å². The van der Waals surface area contributed by atoms with Crippen LogP contribution in [-0.4, -0.2) is 30.4 Å². The molecular weight excluding hydrogens is 254 g/mol. The molecule has 1 saturated carbocycles. The van der Waals surface area contributed by atoms with E-state index in [0.29, 0.717) is 12.5 Å². The summed E-state index contributed by atoms with van der Waals surface area (Å²) in [5.74, 6) is 0.864. The molecule has 1 unspecified atom stereocenters. The molecule has 1 aliphatic heterocycles. The minimum atomic E-state index is -0.297. The number of carbonyl (C=O) groups excluding carboxylic acids is 1.